The number of carbonyl (C=O) groups is 1. The Balaban J connectivity index is 2.09. The normalized spacial score (nSPS) is 20.8. The summed E-state index contributed by atoms with van der Waals surface area (Å²) in [5.74, 6) is -0.672. The van der Waals surface area contributed by atoms with Gasteiger partial charge in [0.15, 0.2) is 0 Å². The minimum Gasteiger partial charge on any atom is -0.480 e. The number of rotatable bonds is 2. The van der Waals surface area contributed by atoms with Gasteiger partial charge in [-0.2, -0.15) is 0 Å². The number of anilines is 1. The molecular weight excluding hydrogens is 213 g/mol. The van der Waals surface area contributed by atoms with Crippen molar-refractivity contribution in [3.8, 4) is 0 Å². The summed E-state index contributed by atoms with van der Waals surface area (Å²) in [6.45, 7) is 1.59. The molecule has 1 saturated heterocycles. The highest BCUT2D eigenvalue weighted by Crippen LogP contribution is 2.12. The van der Waals surface area contributed by atoms with E-state index >= 15 is 0 Å². The highest BCUT2D eigenvalue weighted by molar-refractivity contribution is 5.74. The van der Waals surface area contributed by atoms with Gasteiger partial charge in [0.1, 0.15) is 17.7 Å². The van der Waals surface area contributed by atoms with Crippen molar-refractivity contribution >= 4 is 11.8 Å². The van der Waals surface area contributed by atoms with Gasteiger partial charge in [-0.1, -0.05) is 0 Å². The summed E-state index contributed by atoms with van der Waals surface area (Å²) in [5.41, 5.74) is 0. The molecule has 0 saturated carbocycles. The number of carboxylic acid groups (broad SMARTS) is 1. The van der Waals surface area contributed by atoms with E-state index in [0.29, 0.717) is 25.5 Å². The number of hydrogen-bond acceptors (Lipinski definition) is 4. The molecule has 16 heavy (non-hydrogen) atoms. The molecule has 1 aliphatic rings. The third-order valence-electron chi connectivity index (χ3n) is 2.51. The summed E-state index contributed by atoms with van der Waals surface area (Å²) in [6.07, 6.45) is 1.13. The van der Waals surface area contributed by atoms with Gasteiger partial charge < -0.3 is 15.3 Å². The monoisotopic (exact) mass is 225 g/mol. The molecule has 1 atom stereocenters. The van der Waals surface area contributed by atoms with Gasteiger partial charge in [0.25, 0.3) is 0 Å². The molecule has 0 bridgehead atoms. The van der Waals surface area contributed by atoms with Crippen LogP contribution < -0.4 is 10.2 Å². The first-order valence-electron chi connectivity index (χ1n) is 4.99. The van der Waals surface area contributed by atoms with Crippen LogP contribution in [0.15, 0.2) is 18.3 Å². The molecule has 0 aromatic carbocycles. The smallest absolute Gasteiger partial charge is 0.322 e. The van der Waals surface area contributed by atoms with Crippen molar-refractivity contribution < 1.29 is 14.3 Å². The molecule has 2 rings (SSSR count). The highest BCUT2D eigenvalue weighted by Gasteiger charge is 2.25. The van der Waals surface area contributed by atoms with E-state index in [2.05, 4.69) is 10.3 Å². The number of nitrogens with one attached hydrogen (secondary N) is 1. The number of pyridine rings is 1. The van der Waals surface area contributed by atoms with Crippen molar-refractivity contribution in [3.63, 3.8) is 0 Å². The molecule has 1 aromatic heterocycles. The number of nitrogens with zero attached hydrogens (tertiary/aromatic N) is 2. The van der Waals surface area contributed by atoms with Crippen LogP contribution >= 0.6 is 0 Å². The van der Waals surface area contributed by atoms with E-state index in [1.54, 1.807) is 6.07 Å². The summed E-state index contributed by atoms with van der Waals surface area (Å²) in [6, 6.07) is 2.28. The molecule has 6 heteroatoms. The fraction of sp³-hybridized carbons (Fsp3) is 0.400. The van der Waals surface area contributed by atoms with Crippen molar-refractivity contribution in [1.82, 2.24) is 10.3 Å². The Morgan fingerprint density at radius 3 is 3.06 bits per heavy atom. The SMILES string of the molecule is O=C(O)C1CN(c2ccc(F)cn2)CCN1. The number of hydrogen-bond donors (Lipinski definition) is 2. The van der Waals surface area contributed by atoms with E-state index in [9.17, 15) is 9.18 Å². The van der Waals surface area contributed by atoms with E-state index < -0.39 is 17.8 Å². The Morgan fingerprint density at radius 1 is 1.62 bits per heavy atom. The van der Waals surface area contributed by atoms with Crippen molar-refractivity contribution in [2.75, 3.05) is 24.5 Å². The van der Waals surface area contributed by atoms with Crippen molar-refractivity contribution in [1.29, 1.82) is 0 Å². The van der Waals surface area contributed by atoms with Crippen LogP contribution in [-0.4, -0.2) is 41.7 Å². The Morgan fingerprint density at radius 2 is 2.44 bits per heavy atom. The maximum absolute atomic E-state index is 12.7. The van der Waals surface area contributed by atoms with E-state index in [1.165, 1.54) is 6.07 Å². The number of piperazine rings is 1. The molecular formula is C10H12FN3O2. The Hall–Kier alpha value is -1.69. The lowest BCUT2D eigenvalue weighted by Gasteiger charge is -2.32. The third-order valence-corrected chi connectivity index (χ3v) is 2.51. The molecule has 2 heterocycles. The topological polar surface area (TPSA) is 65.5 Å². The maximum atomic E-state index is 12.7. The number of carboxylic acids is 1. The zero-order chi connectivity index (χ0) is 11.5. The molecule has 1 unspecified atom stereocenters. The molecule has 0 spiro atoms. The summed E-state index contributed by atoms with van der Waals surface area (Å²) in [5, 5.41) is 11.8. The van der Waals surface area contributed by atoms with Gasteiger partial charge >= 0.3 is 5.97 Å². The highest BCUT2D eigenvalue weighted by atomic mass is 19.1. The molecule has 1 aromatic rings. The summed E-state index contributed by atoms with van der Waals surface area (Å²) >= 11 is 0. The van der Waals surface area contributed by atoms with Crippen LogP contribution in [0, 0.1) is 5.82 Å². The Labute approximate surface area is 91.9 Å². The fourth-order valence-electron chi connectivity index (χ4n) is 1.68. The number of aliphatic carboxylic acids is 1. The average molecular weight is 225 g/mol. The predicted octanol–water partition coefficient (Wildman–Crippen LogP) is 0.0835. The molecule has 0 aliphatic carbocycles. The third kappa shape index (κ3) is 2.27. The average Bonchev–Trinajstić information content (AvgIpc) is 2.30. The van der Waals surface area contributed by atoms with Crippen LogP contribution in [0.1, 0.15) is 0 Å². The van der Waals surface area contributed by atoms with Gasteiger partial charge in [-0.3, -0.25) is 4.79 Å². The van der Waals surface area contributed by atoms with Crippen molar-refractivity contribution in [3.05, 3.63) is 24.1 Å². The first-order chi connectivity index (χ1) is 7.66. The van der Waals surface area contributed by atoms with Gasteiger partial charge in [0, 0.05) is 19.6 Å². The van der Waals surface area contributed by atoms with E-state index in [-0.39, 0.29) is 0 Å². The summed E-state index contributed by atoms with van der Waals surface area (Å²) in [4.78, 5) is 16.6. The second-order valence-corrected chi connectivity index (χ2v) is 3.63. The Bertz CT molecular complexity index is 382. The van der Waals surface area contributed by atoms with Crippen molar-refractivity contribution in [2.45, 2.75) is 6.04 Å². The van der Waals surface area contributed by atoms with Gasteiger partial charge in [0.2, 0.25) is 0 Å². The predicted molar refractivity (Wildman–Crippen MR) is 55.8 cm³/mol. The lowest BCUT2D eigenvalue weighted by molar-refractivity contribution is -0.139. The van der Waals surface area contributed by atoms with Crippen LogP contribution in [0.3, 0.4) is 0 Å². The first kappa shape index (κ1) is 10.8. The minimum atomic E-state index is -0.883. The lowest BCUT2D eigenvalue weighted by atomic mass is 10.2. The molecule has 86 valence electrons. The second-order valence-electron chi connectivity index (χ2n) is 3.63. The van der Waals surface area contributed by atoms with Crippen LogP contribution in [0.25, 0.3) is 0 Å². The second kappa shape index (κ2) is 4.44. The Kier molecular flexibility index (Phi) is 3.00. The van der Waals surface area contributed by atoms with Gasteiger partial charge in [-0.15, -0.1) is 0 Å². The van der Waals surface area contributed by atoms with E-state index in [0.717, 1.165) is 6.20 Å². The molecule has 0 radical (unpaired) electrons. The quantitative estimate of drug-likeness (QED) is 0.746. The number of aromatic nitrogens is 1. The van der Waals surface area contributed by atoms with E-state index in [4.69, 9.17) is 5.11 Å². The van der Waals surface area contributed by atoms with Crippen LogP contribution in [0.5, 0.6) is 0 Å². The van der Waals surface area contributed by atoms with Gasteiger partial charge in [0.05, 0.1) is 6.20 Å². The molecule has 1 aliphatic heterocycles. The molecule has 5 nitrogen and oxygen atoms in total. The fourth-order valence-corrected chi connectivity index (χ4v) is 1.68. The standard InChI is InChI=1S/C10H12FN3O2/c11-7-1-2-9(13-5-7)14-4-3-12-8(6-14)10(15)16/h1-2,5,8,12H,3-4,6H2,(H,15,16). The van der Waals surface area contributed by atoms with Gasteiger partial charge in [-0.05, 0) is 12.1 Å². The van der Waals surface area contributed by atoms with Gasteiger partial charge in [-0.25, -0.2) is 9.37 Å². The van der Waals surface area contributed by atoms with E-state index in [1.807, 2.05) is 4.90 Å². The largest absolute Gasteiger partial charge is 0.480 e. The van der Waals surface area contributed by atoms with Crippen LogP contribution in [0.2, 0.25) is 0 Å². The molecule has 2 N–H and O–H groups in total. The first-order valence-corrected chi connectivity index (χ1v) is 4.99. The maximum Gasteiger partial charge on any atom is 0.322 e. The lowest BCUT2D eigenvalue weighted by Crippen LogP contribution is -2.54. The van der Waals surface area contributed by atoms with Crippen molar-refractivity contribution in [2.24, 2.45) is 0 Å². The minimum absolute atomic E-state index is 0.341. The number of halogens is 1. The molecule has 0 amide bonds. The summed E-state index contributed by atoms with van der Waals surface area (Å²) in [7, 11) is 0. The van der Waals surface area contributed by atoms with Crippen LogP contribution in [0.4, 0.5) is 10.2 Å². The summed E-state index contributed by atoms with van der Waals surface area (Å²) < 4.78 is 12.7. The van der Waals surface area contributed by atoms with Crippen LogP contribution in [-0.2, 0) is 4.79 Å². The zero-order valence-corrected chi connectivity index (χ0v) is 8.56. The zero-order valence-electron chi connectivity index (χ0n) is 8.56. The molecule has 1 fully saturated rings.